The van der Waals surface area contributed by atoms with E-state index in [9.17, 15) is 0 Å². The summed E-state index contributed by atoms with van der Waals surface area (Å²) in [5.74, 6) is 1.93. The van der Waals surface area contributed by atoms with Gasteiger partial charge in [-0.25, -0.2) is 19.9 Å². The molecule has 22 heavy (non-hydrogen) atoms. The maximum atomic E-state index is 8.70. The largest absolute Gasteiger partial charge is 0.366 e. The minimum absolute atomic E-state index is 0.278. The zero-order valence-corrected chi connectivity index (χ0v) is 12.0. The molecular weight excluding hydrogens is 280 g/mol. The van der Waals surface area contributed by atoms with E-state index < -0.39 is 0 Å². The molecule has 1 fully saturated rings. The van der Waals surface area contributed by atoms with Crippen LogP contribution in [0, 0.1) is 11.3 Å². The lowest BCUT2D eigenvalue weighted by atomic mass is 10.1. The Kier molecular flexibility index (Phi) is 4.36. The summed E-state index contributed by atoms with van der Waals surface area (Å²) in [6, 6.07) is 4.14. The van der Waals surface area contributed by atoms with Crippen molar-refractivity contribution in [1.82, 2.24) is 25.3 Å². The van der Waals surface area contributed by atoms with Gasteiger partial charge < -0.3 is 16.0 Å². The summed E-state index contributed by atoms with van der Waals surface area (Å²) in [7, 11) is 0. The Hall–Kier alpha value is -2.79. The fraction of sp³-hybridized carbons (Fsp3) is 0.357. The number of anilines is 3. The molecule has 112 valence electrons. The fourth-order valence-corrected chi connectivity index (χ4v) is 2.27. The van der Waals surface area contributed by atoms with Crippen LogP contribution in [-0.4, -0.2) is 39.1 Å². The van der Waals surface area contributed by atoms with Crippen LogP contribution in [0.5, 0.6) is 0 Å². The van der Waals surface area contributed by atoms with Gasteiger partial charge in [0, 0.05) is 18.7 Å². The van der Waals surface area contributed by atoms with Gasteiger partial charge in [-0.05, 0) is 19.4 Å². The van der Waals surface area contributed by atoms with Crippen molar-refractivity contribution in [3.63, 3.8) is 0 Å². The number of nitriles is 1. The number of rotatable bonds is 4. The van der Waals surface area contributed by atoms with Crippen molar-refractivity contribution in [3.8, 4) is 6.07 Å². The maximum Gasteiger partial charge on any atom is 0.158 e. The quantitative estimate of drug-likeness (QED) is 0.767. The van der Waals surface area contributed by atoms with E-state index >= 15 is 0 Å². The Morgan fingerprint density at radius 2 is 2.05 bits per heavy atom. The van der Waals surface area contributed by atoms with Gasteiger partial charge in [-0.3, -0.25) is 0 Å². The van der Waals surface area contributed by atoms with Crippen LogP contribution < -0.4 is 16.0 Å². The van der Waals surface area contributed by atoms with Gasteiger partial charge in [-0.15, -0.1) is 0 Å². The van der Waals surface area contributed by atoms with Gasteiger partial charge in [0.05, 0.1) is 12.4 Å². The smallest absolute Gasteiger partial charge is 0.158 e. The first-order valence-corrected chi connectivity index (χ1v) is 7.12. The molecule has 3 N–H and O–H groups in total. The van der Waals surface area contributed by atoms with Gasteiger partial charge in [-0.2, -0.15) is 5.26 Å². The first-order valence-electron chi connectivity index (χ1n) is 7.12. The third-order valence-electron chi connectivity index (χ3n) is 3.34. The van der Waals surface area contributed by atoms with Crippen LogP contribution in [0.25, 0.3) is 0 Å². The molecule has 8 nitrogen and oxygen atoms in total. The van der Waals surface area contributed by atoms with Crippen LogP contribution >= 0.6 is 0 Å². The molecule has 8 heteroatoms. The second-order valence-corrected chi connectivity index (χ2v) is 5.00. The van der Waals surface area contributed by atoms with E-state index in [0.29, 0.717) is 17.7 Å². The van der Waals surface area contributed by atoms with Gasteiger partial charge in [0.25, 0.3) is 0 Å². The molecule has 1 aliphatic rings. The van der Waals surface area contributed by atoms with E-state index in [0.717, 1.165) is 31.7 Å². The highest BCUT2D eigenvalue weighted by Crippen LogP contribution is 2.15. The lowest BCUT2D eigenvalue weighted by Gasteiger charge is -2.24. The molecule has 0 saturated carbocycles. The molecule has 2 aromatic rings. The van der Waals surface area contributed by atoms with Gasteiger partial charge >= 0.3 is 0 Å². The predicted octanol–water partition coefficient (Wildman–Crippen LogP) is 1.05. The van der Waals surface area contributed by atoms with Gasteiger partial charge in [0.1, 0.15) is 29.9 Å². The summed E-state index contributed by atoms with van der Waals surface area (Å²) >= 11 is 0. The molecule has 3 rings (SSSR count). The first-order chi connectivity index (χ1) is 10.8. The summed E-state index contributed by atoms with van der Waals surface area (Å²) in [6.45, 7) is 2.01. The summed E-state index contributed by atoms with van der Waals surface area (Å²) in [4.78, 5) is 16.5. The van der Waals surface area contributed by atoms with Gasteiger partial charge in [0.2, 0.25) is 0 Å². The molecule has 1 aliphatic heterocycles. The maximum absolute atomic E-state index is 8.70. The average Bonchev–Trinajstić information content (AvgIpc) is 2.57. The SMILES string of the molecule is N#Cc1cnc(Nc2cc(N[C@H]3CCCNC3)ncn2)cn1. The van der Waals surface area contributed by atoms with Crippen LogP contribution in [0.2, 0.25) is 0 Å². The molecule has 0 amide bonds. The van der Waals surface area contributed by atoms with E-state index in [1.54, 1.807) is 0 Å². The molecule has 1 saturated heterocycles. The zero-order valence-electron chi connectivity index (χ0n) is 12.0. The van der Waals surface area contributed by atoms with Crippen LogP contribution in [0.15, 0.2) is 24.8 Å². The van der Waals surface area contributed by atoms with Crippen molar-refractivity contribution in [2.75, 3.05) is 23.7 Å². The van der Waals surface area contributed by atoms with Crippen LogP contribution in [0.3, 0.4) is 0 Å². The number of aromatic nitrogens is 4. The standard InChI is InChI=1S/C14H16N8/c15-5-11-7-18-14(8-17-11)22-13-4-12(19-9-20-13)21-10-2-1-3-16-6-10/h4,7-10,16H,1-3,6H2,(H2,18,19,20,21,22)/t10-/m0/s1. The minimum Gasteiger partial charge on any atom is -0.366 e. The Bertz CT molecular complexity index is 657. The van der Waals surface area contributed by atoms with E-state index in [-0.39, 0.29) is 5.69 Å². The molecule has 0 radical (unpaired) electrons. The van der Waals surface area contributed by atoms with Crippen molar-refractivity contribution in [1.29, 1.82) is 5.26 Å². The Morgan fingerprint density at radius 1 is 1.14 bits per heavy atom. The number of hydrogen-bond donors (Lipinski definition) is 3. The zero-order chi connectivity index (χ0) is 15.2. The summed E-state index contributed by atoms with van der Waals surface area (Å²) in [6.07, 6.45) is 6.70. The van der Waals surface area contributed by atoms with Gasteiger partial charge in [-0.1, -0.05) is 0 Å². The lowest BCUT2D eigenvalue weighted by Crippen LogP contribution is -2.38. The van der Waals surface area contributed by atoms with Crippen molar-refractivity contribution in [2.45, 2.75) is 18.9 Å². The van der Waals surface area contributed by atoms with Crippen molar-refractivity contribution < 1.29 is 0 Å². The van der Waals surface area contributed by atoms with E-state index in [4.69, 9.17) is 5.26 Å². The number of hydrogen-bond acceptors (Lipinski definition) is 8. The minimum atomic E-state index is 0.278. The highest BCUT2D eigenvalue weighted by atomic mass is 15.1. The van der Waals surface area contributed by atoms with Crippen LogP contribution in [0.1, 0.15) is 18.5 Å². The Morgan fingerprint density at radius 3 is 2.77 bits per heavy atom. The molecule has 0 unspecified atom stereocenters. The average molecular weight is 296 g/mol. The topological polar surface area (TPSA) is 111 Å². The third-order valence-corrected chi connectivity index (χ3v) is 3.34. The predicted molar refractivity (Wildman–Crippen MR) is 81.6 cm³/mol. The van der Waals surface area contributed by atoms with E-state index in [2.05, 4.69) is 35.9 Å². The van der Waals surface area contributed by atoms with Gasteiger partial charge in [0.15, 0.2) is 5.69 Å². The highest BCUT2D eigenvalue weighted by Gasteiger charge is 2.13. The normalized spacial score (nSPS) is 17.5. The molecule has 0 aromatic carbocycles. The summed E-state index contributed by atoms with van der Waals surface area (Å²) < 4.78 is 0. The van der Waals surface area contributed by atoms with Crippen molar-refractivity contribution in [3.05, 3.63) is 30.5 Å². The van der Waals surface area contributed by atoms with E-state index in [1.165, 1.54) is 18.7 Å². The molecule has 0 bridgehead atoms. The number of nitrogens with one attached hydrogen (secondary N) is 3. The first kappa shape index (κ1) is 14.2. The molecule has 0 aliphatic carbocycles. The highest BCUT2D eigenvalue weighted by molar-refractivity contribution is 5.55. The number of nitrogens with zero attached hydrogens (tertiary/aromatic N) is 5. The van der Waals surface area contributed by atoms with Crippen LogP contribution in [-0.2, 0) is 0 Å². The van der Waals surface area contributed by atoms with E-state index in [1.807, 2.05) is 12.1 Å². The molecule has 2 aromatic heterocycles. The monoisotopic (exact) mass is 296 g/mol. The fourth-order valence-electron chi connectivity index (χ4n) is 2.27. The summed E-state index contributed by atoms with van der Waals surface area (Å²) in [5.41, 5.74) is 0.278. The Labute approximate surface area is 128 Å². The molecular formula is C14H16N8. The molecule has 3 heterocycles. The second-order valence-electron chi connectivity index (χ2n) is 5.00. The second kappa shape index (κ2) is 6.78. The summed E-state index contributed by atoms with van der Waals surface area (Å²) in [5, 5.41) is 18.5. The molecule has 1 atom stereocenters. The van der Waals surface area contributed by atoms with Crippen molar-refractivity contribution in [2.24, 2.45) is 0 Å². The van der Waals surface area contributed by atoms with Crippen LogP contribution in [0.4, 0.5) is 17.5 Å². The van der Waals surface area contributed by atoms with Crippen molar-refractivity contribution >= 4 is 17.5 Å². The Balaban J connectivity index is 1.66. The lowest BCUT2D eigenvalue weighted by molar-refractivity contribution is 0.479. The number of piperidine rings is 1. The third kappa shape index (κ3) is 3.65. The molecule has 0 spiro atoms.